The van der Waals surface area contributed by atoms with Crippen LogP contribution < -0.4 is 0 Å². The Labute approximate surface area is 234 Å². The Hall–Kier alpha value is -4.49. The fourth-order valence-electron chi connectivity index (χ4n) is 5.15. The van der Waals surface area contributed by atoms with Crippen molar-refractivity contribution in [2.24, 2.45) is 0 Å². The van der Waals surface area contributed by atoms with Crippen molar-refractivity contribution in [1.29, 1.82) is 0 Å². The number of carbonyl (C=O) groups is 1. The second-order valence-corrected chi connectivity index (χ2v) is 11.2. The number of hydrogen-bond donors (Lipinski definition) is 2. The van der Waals surface area contributed by atoms with Gasteiger partial charge in [0.2, 0.25) is 0 Å². The normalized spacial score (nSPS) is 15.3. The van der Waals surface area contributed by atoms with E-state index >= 15 is 4.39 Å². The number of rotatable bonds is 6. The predicted molar refractivity (Wildman–Crippen MR) is 148 cm³/mol. The summed E-state index contributed by atoms with van der Waals surface area (Å²) in [6, 6.07) is 5.34. The van der Waals surface area contributed by atoms with Crippen LogP contribution in [-0.4, -0.2) is 64.8 Å². The third-order valence-electron chi connectivity index (χ3n) is 7.10. The van der Waals surface area contributed by atoms with Crippen LogP contribution in [0.4, 0.5) is 13.2 Å². The number of aromatic amines is 2. The van der Waals surface area contributed by atoms with Crippen LogP contribution in [0, 0.1) is 5.82 Å². The highest BCUT2D eigenvalue weighted by Crippen LogP contribution is 2.36. The summed E-state index contributed by atoms with van der Waals surface area (Å²) in [5.74, 6) is -3.00. The molecule has 0 amide bonds. The highest BCUT2D eigenvalue weighted by atomic mass is 32.1. The lowest BCUT2D eigenvalue weighted by Gasteiger charge is -2.15. The quantitative estimate of drug-likeness (QED) is 0.239. The van der Waals surface area contributed by atoms with Gasteiger partial charge in [-0.1, -0.05) is 0 Å². The number of hydrogen-bond acceptors (Lipinski definition) is 8. The Morgan fingerprint density at radius 2 is 1.95 bits per heavy atom. The molecule has 7 heterocycles. The molecule has 9 nitrogen and oxygen atoms in total. The number of nitrogens with zero attached hydrogens (tertiary/aromatic N) is 6. The summed E-state index contributed by atoms with van der Waals surface area (Å²) in [6.07, 6.45) is 7.70. The van der Waals surface area contributed by atoms with E-state index in [0.717, 1.165) is 10.4 Å². The smallest absolute Gasteiger partial charge is 0.261 e. The lowest BCUT2D eigenvalue weighted by molar-refractivity contribution is 0.0115. The summed E-state index contributed by atoms with van der Waals surface area (Å²) in [5, 5.41) is 7.35. The number of carbonyl (C=O) groups excluding carboxylic acids is 1. The molecule has 41 heavy (non-hydrogen) atoms. The van der Waals surface area contributed by atoms with Gasteiger partial charge in [0.15, 0.2) is 17.4 Å². The number of H-pyrrole nitrogens is 2. The SMILES string of the molecule is CC(=O)c1ccc(-c2cncc3[nH]c(-c4n[nH]c5cnc(-c6cncc(CN7CCC(F)(F)C7)c6)c(F)c45)nc23)s1. The molecule has 0 aliphatic carbocycles. The molecule has 1 fully saturated rings. The van der Waals surface area contributed by atoms with E-state index in [0.29, 0.717) is 38.4 Å². The van der Waals surface area contributed by atoms with Gasteiger partial charge in [-0.05, 0) is 30.7 Å². The number of imidazole rings is 1. The van der Waals surface area contributed by atoms with Gasteiger partial charge in [0, 0.05) is 54.1 Å². The first-order valence-electron chi connectivity index (χ1n) is 12.8. The molecule has 206 valence electrons. The first-order chi connectivity index (χ1) is 19.8. The first-order valence-corrected chi connectivity index (χ1v) is 13.6. The van der Waals surface area contributed by atoms with E-state index in [4.69, 9.17) is 4.98 Å². The Morgan fingerprint density at radius 1 is 1.10 bits per heavy atom. The molecule has 13 heteroatoms. The third kappa shape index (κ3) is 4.56. The molecule has 0 radical (unpaired) electrons. The summed E-state index contributed by atoms with van der Waals surface area (Å²) in [5.41, 5.74) is 3.81. The average molecular weight is 575 g/mol. The topological polar surface area (TPSA) is 116 Å². The molecule has 7 rings (SSSR count). The largest absolute Gasteiger partial charge is 0.335 e. The first kappa shape index (κ1) is 25.5. The monoisotopic (exact) mass is 574 g/mol. The number of Topliss-reactive ketones (excluding diaryl/α,β-unsaturated/α-hetero) is 1. The Bertz CT molecular complexity index is 1960. The van der Waals surface area contributed by atoms with Gasteiger partial charge < -0.3 is 4.98 Å². The molecule has 0 atom stereocenters. The number of pyridine rings is 3. The number of aromatic nitrogens is 7. The van der Waals surface area contributed by atoms with Crippen molar-refractivity contribution >= 4 is 39.1 Å². The predicted octanol–water partition coefficient (Wildman–Crippen LogP) is 5.87. The Balaban J connectivity index is 1.27. The minimum absolute atomic E-state index is 0.0229. The van der Waals surface area contributed by atoms with Crippen LogP contribution >= 0.6 is 11.3 Å². The van der Waals surface area contributed by atoms with E-state index in [1.807, 2.05) is 6.07 Å². The van der Waals surface area contributed by atoms with Gasteiger partial charge in [-0.15, -0.1) is 11.3 Å². The van der Waals surface area contributed by atoms with E-state index in [-0.39, 0.29) is 48.6 Å². The number of alkyl halides is 2. The zero-order valence-electron chi connectivity index (χ0n) is 21.6. The number of fused-ring (bicyclic) bond motifs is 2. The molecule has 1 saturated heterocycles. The van der Waals surface area contributed by atoms with Crippen molar-refractivity contribution in [3.8, 4) is 33.2 Å². The molecule has 1 aliphatic rings. The van der Waals surface area contributed by atoms with Crippen LogP contribution in [0.3, 0.4) is 0 Å². The maximum Gasteiger partial charge on any atom is 0.261 e. The van der Waals surface area contributed by atoms with Crippen molar-refractivity contribution < 1.29 is 18.0 Å². The van der Waals surface area contributed by atoms with Crippen molar-refractivity contribution in [3.05, 3.63) is 65.4 Å². The van der Waals surface area contributed by atoms with Crippen molar-refractivity contribution in [2.45, 2.75) is 25.8 Å². The zero-order chi connectivity index (χ0) is 28.3. The zero-order valence-corrected chi connectivity index (χ0v) is 22.4. The third-order valence-corrected chi connectivity index (χ3v) is 8.32. The van der Waals surface area contributed by atoms with Crippen LogP contribution in [-0.2, 0) is 6.54 Å². The van der Waals surface area contributed by atoms with Gasteiger partial charge in [-0.3, -0.25) is 29.7 Å². The minimum atomic E-state index is -2.70. The standard InChI is InChI=1S/C28H21F3N8OS/c1-14(40)20-2-3-21(41-20)17-9-33-10-19-25(17)36-27(35-19)26-22-18(37-38-26)11-34-24(23(22)29)16-6-15(7-32-8-16)12-39-5-4-28(30,31)13-39/h2-3,6-11H,4-5,12-13H2,1H3,(H,35,36)(H,37,38). The van der Waals surface area contributed by atoms with E-state index in [2.05, 4.69) is 30.1 Å². The summed E-state index contributed by atoms with van der Waals surface area (Å²) in [6.45, 7) is 1.77. The molecule has 0 saturated carbocycles. The van der Waals surface area contributed by atoms with E-state index in [1.54, 1.807) is 35.6 Å². The van der Waals surface area contributed by atoms with Gasteiger partial charge in [-0.2, -0.15) is 5.10 Å². The fraction of sp³-hybridized carbons (Fsp3) is 0.214. The molecule has 0 unspecified atom stereocenters. The van der Waals surface area contributed by atoms with Crippen LogP contribution in [0.5, 0.6) is 0 Å². The fourth-order valence-corrected chi connectivity index (χ4v) is 6.06. The number of ketones is 1. The summed E-state index contributed by atoms with van der Waals surface area (Å²) >= 11 is 1.35. The molecular formula is C28H21F3N8OS. The Morgan fingerprint density at radius 3 is 2.73 bits per heavy atom. The van der Waals surface area contributed by atoms with Crippen molar-refractivity contribution in [2.75, 3.05) is 13.1 Å². The molecule has 2 N–H and O–H groups in total. The van der Waals surface area contributed by atoms with Crippen LogP contribution in [0.25, 0.3) is 55.2 Å². The summed E-state index contributed by atoms with van der Waals surface area (Å²) in [7, 11) is 0. The average Bonchev–Trinajstić information content (AvgIpc) is 3.74. The number of likely N-dealkylation sites (tertiary alicyclic amines) is 1. The van der Waals surface area contributed by atoms with Gasteiger partial charge in [-0.25, -0.2) is 18.2 Å². The van der Waals surface area contributed by atoms with E-state index in [1.165, 1.54) is 30.7 Å². The molecule has 6 aromatic rings. The second-order valence-electron chi connectivity index (χ2n) is 10.1. The maximum atomic E-state index is 16.1. The molecule has 6 aromatic heterocycles. The van der Waals surface area contributed by atoms with Crippen molar-refractivity contribution in [3.63, 3.8) is 0 Å². The molecule has 0 bridgehead atoms. The van der Waals surface area contributed by atoms with E-state index in [9.17, 15) is 13.6 Å². The number of halogens is 3. The van der Waals surface area contributed by atoms with Gasteiger partial charge in [0.25, 0.3) is 5.92 Å². The minimum Gasteiger partial charge on any atom is -0.335 e. The highest BCUT2D eigenvalue weighted by molar-refractivity contribution is 7.17. The van der Waals surface area contributed by atoms with Gasteiger partial charge in [0.05, 0.1) is 40.2 Å². The molecular weight excluding hydrogens is 553 g/mol. The highest BCUT2D eigenvalue weighted by Gasteiger charge is 2.38. The second kappa shape index (κ2) is 9.56. The Kier molecular flexibility index (Phi) is 5.94. The maximum absolute atomic E-state index is 16.1. The van der Waals surface area contributed by atoms with Gasteiger partial charge in [0.1, 0.15) is 16.9 Å². The van der Waals surface area contributed by atoms with E-state index < -0.39 is 11.7 Å². The van der Waals surface area contributed by atoms with Gasteiger partial charge >= 0.3 is 0 Å². The summed E-state index contributed by atoms with van der Waals surface area (Å²) in [4.78, 5) is 35.7. The summed E-state index contributed by atoms with van der Waals surface area (Å²) < 4.78 is 43.4. The lowest BCUT2D eigenvalue weighted by atomic mass is 10.1. The van der Waals surface area contributed by atoms with Crippen LogP contribution in [0.2, 0.25) is 0 Å². The molecule has 0 spiro atoms. The lowest BCUT2D eigenvalue weighted by Crippen LogP contribution is -2.24. The van der Waals surface area contributed by atoms with Crippen LogP contribution in [0.15, 0.2) is 49.2 Å². The number of thiophene rings is 1. The van der Waals surface area contributed by atoms with Crippen molar-refractivity contribution in [1.82, 2.24) is 40.0 Å². The van der Waals surface area contributed by atoms with Crippen LogP contribution in [0.1, 0.15) is 28.6 Å². The molecule has 0 aromatic carbocycles. The number of nitrogens with one attached hydrogen (secondary N) is 2. The molecule has 1 aliphatic heterocycles.